The second-order valence-corrected chi connectivity index (χ2v) is 15.6. The first-order valence-electron chi connectivity index (χ1n) is 19.7. The zero-order chi connectivity index (χ0) is 45.6. The van der Waals surface area contributed by atoms with Gasteiger partial charge in [0.1, 0.15) is 36.3 Å². The highest BCUT2D eigenvalue weighted by molar-refractivity contribution is 5.97. The number of rotatable bonds is 29. The maximum atomic E-state index is 13.5. The van der Waals surface area contributed by atoms with Crippen LogP contribution >= 0.6 is 0 Å². The lowest BCUT2D eigenvalue weighted by atomic mass is 9.99. The Morgan fingerprint density at radius 2 is 1.14 bits per heavy atom. The van der Waals surface area contributed by atoms with Gasteiger partial charge < -0.3 is 64.6 Å². The minimum Gasteiger partial charge on any atom is -0.481 e. The summed E-state index contributed by atoms with van der Waals surface area (Å²) >= 11 is 0. The van der Waals surface area contributed by atoms with Crippen LogP contribution in [0.15, 0.2) is 0 Å². The van der Waals surface area contributed by atoms with Crippen molar-refractivity contribution >= 4 is 59.2 Å². The minimum atomic E-state index is -1.53. The average Bonchev–Trinajstić information content (AvgIpc) is 3.12. The zero-order valence-electron chi connectivity index (χ0n) is 35.1. The summed E-state index contributed by atoms with van der Waals surface area (Å²) in [4.78, 5) is 126. The lowest BCUT2D eigenvalue weighted by molar-refractivity contribution is -0.143. The van der Waals surface area contributed by atoms with Crippen LogP contribution < -0.4 is 54.4 Å². The number of unbranched alkanes of at least 4 members (excludes halogenated alkanes) is 1. The molecule has 15 N–H and O–H groups in total. The van der Waals surface area contributed by atoms with Gasteiger partial charge in [0.05, 0.1) is 19.0 Å². The van der Waals surface area contributed by atoms with Crippen LogP contribution in [0.3, 0.4) is 0 Å². The Bertz CT molecular complexity index is 1470. The highest BCUT2D eigenvalue weighted by Crippen LogP contribution is 2.10. The van der Waals surface area contributed by atoms with Crippen molar-refractivity contribution in [2.75, 3.05) is 13.1 Å². The molecule has 0 aromatic carbocycles. The van der Waals surface area contributed by atoms with Gasteiger partial charge in [-0.15, -0.1) is 0 Å². The number of amides is 8. The maximum absolute atomic E-state index is 13.5. The zero-order valence-corrected chi connectivity index (χ0v) is 35.1. The summed E-state index contributed by atoms with van der Waals surface area (Å²) in [5.74, 6) is -9.90. The molecule has 59 heavy (non-hydrogen) atoms. The van der Waals surface area contributed by atoms with Crippen LogP contribution in [0.4, 0.5) is 0 Å². The van der Waals surface area contributed by atoms with Gasteiger partial charge in [0, 0.05) is 6.42 Å². The van der Waals surface area contributed by atoms with Gasteiger partial charge in [0.15, 0.2) is 0 Å². The predicted molar refractivity (Wildman–Crippen MR) is 213 cm³/mol. The monoisotopic (exact) mass is 842 g/mol. The van der Waals surface area contributed by atoms with Gasteiger partial charge in [0.25, 0.3) is 0 Å². The average molecular weight is 843 g/mol. The highest BCUT2D eigenvalue weighted by Gasteiger charge is 2.33. The van der Waals surface area contributed by atoms with Crippen molar-refractivity contribution in [3.63, 3.8) is 0 Å². The fourth-order valence-corrected chi connectivity index (χ4v) is 5.56. The van der Waals surface area contributed by atoms with Crippen molar-refractivity contribution in [1.82, 2.24) is 37.2 Å². The second-order valence-electron chi connectivity index (χ2n) is 15.6. The summed E-state index contributed by atoms with van der Waals surface area (Å²) in [6.07, 6.45) is -0.136. The molecule has 0 rings (SSSR count). The van der Waals surface area contributed by atoms with Gasteiger partial charge in [0.2, 0.25) is 47.3 Å². The van der Waals surface area contributed by atoms with Gasteiger partial charge >= 0.3 is 11.9 Å². The van der Waals surface area contributed by atoms with E-state index in [0.29, 0.717) is 19.3 Å². The Hall–Kier alpha value is -5.38. The number of carbonyl (C=O) groups is 10. The summed E-state index contributed by atoms with van der Waals surface area (Å²) in [6.45, 7) is 11.4. The smallest absolute Gasteiger partial charge is 0.326 e. The predicted octanol–water partition coefficient (Wildman–Crippen LogP) is -2.94. The van der Waals surface area contributed by atoms with Gasteiger partial charge in [-0.1, -0.05) is 41.5 Å². The number of nitrogens with one attached hydrogen (secondary N) is 7. The maximum Gasteiger partial charge on any atom is 0.326 e. The van der Waals surface area contributed by atoms with E-state index >= 15 is 0 Å². The number of hydrogen-bond acceptors (Lipinski definition) is 12. The number of primary amides is 1. The van der Waals surface area contributed by atoms with Crippen LogP contribution in [-0.2, 0) is 47.9 Å². The third-order valence-electron chi connectivity index (χ3n) is 8.72. The largest absolute Gasteiger partial charge is 0.481 e. The van der Waals surface area contributed by atoms with Crippen molar-refractivity contribution in [3.8, 4) is 0 Å². The molecule has 8 amide bonds. The van der Waals surface area contributed by atoms with Crippen LogP contribution in [0, 0.1) is 17.8 Å². The first-order valence-corrected chi connectivity index (χ1v) is 19.7. The van der Waals surface area contributed by atoms with E-state index in [2.05, 4.69) is 37.2 Å². The van der Waals surface area contributed by atoms with Crippen molar-refractivity contribution in [2.45, 2.75) is 142 Å². The van der Waals surface area contributed by atoms with Crippen molar-refractivity contribution in [1.29, 1.82) is 0 Å². The van der Waals surface area contributed by atoms with Crippen LogP contribution in [0.5, 0.6) is 0 Å². The number of aliphatic carboxylic acids is 2. The molecular formula is C37H66N10O12. The lowest BCUT2D eigenvalue weighted by Gasteiger charge is -2.28. The summed E-state index contributed by atoms with van der Waals surface area (Å²) in [6, 6.07) is -8.86. The molecule has 22 heteroatoms. The molecule has 0 aliphatic heterocycles. The molecule has 0 heterocycles. The summed E-state index contributed by atoms with van der Waals surface area (Å²) in [7, 11) is 0. The van der Waals surface area contributed by atoms with E-state index < -0.39 is 133 Å². The SMILES string of the molecule is CC(C)C[C@H](NC(=O)[C@H](C)NC(=O)[C@H](CCCCN)NC(=O)CNC(=O)[C@H](CC(N)=O)NC(=O)[C@@H](N)CC(C)C)C(=O)N[C@H](C(=O)N[C@@H](CCC(=O)O)C(=O)O)C(C)C. The third kappa shape index (κ3) is 22.4. The van der Waals surface area contributed by atoms with Crippen LogP contribution in [0.25, 0.3) is 0 Å². The van der Waals surface area contributed by atoms with Crippen LogP contribution in [0.2, 0.25) is 0 Å². The Morgan fingerprint density at radius 3 is 1.64 bits per heavy atom. The standard InChI is InChI=1S/C37H66N10O12/c1-18(2)14-22(39)32(53)46-26(16-27(40)48)33(54)41-17-28(49)43-23(10-8-9-13-38)34(55)42-21(7)31(52)45-25(15-19(3)4)35(56)47-30(20(5)6)36(57)44-24(37(58)59)11-12-29(50)51/h18-26,30H,8-17,38-39H2,1-7H3,(H2,40,48)(H,41,54)(H,42,55)(H,43,49)(H,44,57)(H,45,52)(H,46,53)(H,47,56)(H,50,51)(H,58,59)/t21-,22-,23-,24-,25-,26-,30-/m0/s1. The molecule has 0 saturated carbocycles. The fourth-order valence-electron chi connectivity index (χ4n) is 5.56. The molecule has 0 bridgehead atoms. The topological polar surface area (TPSA) is 373 Å². The number of nitrogens with two attached hydrogens (primary N) is 3. The number of carboxylic acid groups (broad SMARTS) is 2. The fraction of sp³-hybridized carbons (Fsp3) is 0.730. The molecule has 0 aromatic rings. The normalized spacial score (nSPS) is 14.7. The van der Waals surface area contributed by atoms with Crippen LogP contribution in [-0.4, -0.2) is 125 Å². The van der Waals surface area contributed by atoms with Crippen molar-refractivity contribution < 1.29 is 58.2 Å². The first kappa shape index (κ1) is 53.6. The minimum absolute atomic E-state index is 0.0661. The Morgan fingerprint density at radius 1 is 0.576 bits per heavy atom. The van der Waals surface area contributed by atoms with Crippen molar-refractivity contribution in [2.24, 2.45) is 35.0 Å². The molecular weight excluding hydrogens is 776 g/mol. The molecule has 0 unspecified atom stereocenters. The highest BCUT2D eigenvalue weighted by atomic mass is 16.4. The van der Waals surface area contributed by atoms with E-state index in [0.717, 1.165) is 0 Å². The molecule has 0 aromatic heterocycles. The molecule has 0 aliphatic carbocycles. The number of hydrogen-bond donors (Lipinski definition) is 12. The van der Waals surface area contributed by atoms with E-state index in [-0.39, 0.29) is 31.2 Å². The summed E-state index contributed by atoms with van der Waals surface area (Å²) in [5, 5.41) is 35.4. The second kappa shape index (κ2) is 27.3. The molecule has 22 nitrogen and oxygen atoms in total. The molecule has 7 atom stereocenters. The van der Waals surface area contributed by atoms with E-state index in [1.54, 1.807) is 27.7 Å². The molecule has 336 valence electrons. The molecule has 0 saturated heterocycles. The third-order valence-corrected chi connectivity index (χ3v) is 8.72. The van der Waals surface area contributed by atoms with E-state index in [1.165, 1.54) is 6.92 Å². The molecule has 0 aliphatic rings. The lowest BCUT2D eigenvalue weighted by Crippen LogP contribution is -2.59. The first-order chi connectivity index (χ1) is 27.4. The number of carbonyl (C=O) groups excluding carboxylic acids is 8. The van der Waals surface area contributed by atoms with Gasteiger partial charge in [-0.3, -0.25) is 43.2 Å². The van der Waals surface area contributed by atoms with Gasteiger partial charge in [-0.2, -0.15) is 0 Å². The van der Waals surface area contributed by atoms with Crippen LogP contribution in [0.1, 0.15) is 99.8 Å². The van der Waals surface area contributed by atoms with Crippen molar-refractivity contribution in [3.05, 3.63) is 0 Å². The van der Waals surface area contributed by atoms with Gasteiger partial charge in [-0.05, 0) is 69.7 Å². The van der Waals surface area contributed by atoms with E-state index in [4.69, 9.17) is 22.3 Å². The molecule has 0 fully saturated rings. The van der Waals surface area contributed by atoms with E-state index in [9.17, 15) is 53.1 Å². The van der Waals surface area contributed by atoms with Gasteiger partial charge in [-0.25, -0.2) is 4.79 Å². The Balaban J connectivity index is 5.80. The summed E-state index contributed by atoms with van der Waals surface area (Å²) < 4.78 is 0. The Kier molecular flexibility index (Phi) is 24.8. The Labute approximate surface area is 344 Å². The van der Waals surface area contributed by atoms with E-state index in [1.807, 2.05) is 13.8 Å². The molecule has 0 spiro atoms. The molecule has 0 radical (unpaired) electrons. The summed E-state index contributed by atoms with van der Waals surface area (Å²) in [5.41, 5.74) is 16.7. The number of carboxylic acids is 2. The quantitative estimate of drug-likeness (QED) is 0.0336.